The van der Waals surface area contributed by atoms with E-state index in [4.69, 9.17) is 19.9 Å². The highest BCUT2D eigenvalue weighted by Crippen LogP contribution is 2.42. The van der Waals surface area contributed by atoms with Gasteiger partial charge in [0.1, 0.15) is 11.8 Å². The molecule has 3 aromatic rings. The first-order valence-corrected chi connectivity index (χ1v) is 9.71. The van der Waals surface area contributed by atoms with E-state index in [2.05, 4.69) is 15.4 Å². The van der Waals surface area contributed by atoms with Crippen LogP contribution in [-0.4, -0.2) is 47.1 Å². The van der Waals surface area contributed by atoms with E-state index in [0.717, 1.165) is 5.56 Å². The number of fused-ring (bicyclic) bond motifs is 1. The minimum Gasteiger partial charge on any atom is -0.508 e. The Labute approximate surface area is 184 Å². The number of carbonyl (C=O) groups excluding carboxylic acids is 1. The Balaban J connectivity index is 1.88. The first kappa shape index (κ1) is 21.0. The molecule has 0 unspecified atom stereocenters. The van der Waals surface area contributed by atoms with E-state index in [9.17, 15) is 9.90 Å². The predicted octanol–water partition coefficient (Wildman–Crippen LogP) is 2.45. The van der Waals surface area contributed by atoms with Gasteiger partial charge in [-0.05, 0) is 36.8 Å². The second kappa shape index (κ2) is 8.14. The molecule has 10 nitrogen and oxygen atoms in total. The molecule has 32 heavy (non-hydrogen) atoms. The Kier molecular flexibility index (Phi) is 5.35. The number of amides is 1. The van der Waals surface area contributed by atoms with E-state index in [1.807, 2.05) is 0 Å². The van der Waals surface area contributed by atoms with Gasteiger partial charge in [-0.15, -0.1) is 5.10 Å². The fourth-order valence-corrected chi connectivity index (χ4v) is 3.77. The number of ether oxygens (including phenoxy) is 3. The summed E-state index contributed by atoms with van der Waals surface area (Å²) in [5.41, 5.74) is 7.98. The molecule has 2 heterocycles. The first-order chi connectivity index (χ1) is 15.4. The van der Waals surface area contributed by atoms with Crippen LogP contribution in [0.1, 0.15) is 18.5 Å². The molecule has 4 N–H and O–H groups in total. The van der Waals surface area contributed by atoms with E-state index in [1.165, 1.54) is 21.3 Å². The summed E-state index contributed by atoms with van der Waals surface area (Å²) in [6, 6.07) is 9.39. The number of rotatable bonds is 6. The number of nitrogens with two attached hydrogens (primary N) is 1. The van der Waals surface area contributed by atoms with Crippen LogP contribution in [0.5, 0.6) is 23.0 Å². The third-order valence-electron chi connectivity index (χ3n) is 5.25. The number of hydrogen-bond acceptors (Lipinski definition) is 8. The fraction of sp³-hybridized carbons (Fsp3) is 0.227. The SMILES string of the molecule is COc1cc(-c2nc3n(n2)[C@@H](c2ccc(O)cc2)C(C(N)=O)=C(C)N3)cc(OC)c1OC. The van der Waals surface area contributed by atoms with Crippen LogP contribution in [0.25, 0.3) is 11.4 Å². The van der Waals surface area contributed by atoms with Crippen molar-refractivity contribution in [3.8, 4) is 34.4 Å². The average Bonchev–Trinajstić information content (AvgIpc) is 3.21. The highest BCUT2D eigenvalue weighted by molar-refractivity contribution is 5.95. The van der Waals surface area contributed by atoms with Crippen molar-refractivity contribution >= 4 is 11.9 Å². The minimum absolute atomic E-state index is 0.112. The molecule has 0 saturated heterocycles. The average molecular weight is 437 g/mol. The predicted molar refractivity (Wildman–Crippen MR) is 117 cm³/mol. The second-order valence-electron chi connectivity index (χ2n) is 7.14. The maximum absolute atomic E-state index is 12.3. The molecule has 0 fully saturated rings. The van der Waals surface area contributed by atoms with E-state index in [-0.39, 0.29) is 5.75 Å². The topological polar surface area (TPSA) is 134 Å². The summed E-state index contributed by atoms with van der Waals surface area (Å²) in [6.45, 7) is 1.75. The summed E-state index contributed by atoms with van der Waals surface area (Å²) in [6.07, 6.45) is 0. The lowest BCUT2D eigenvalue weighted by Gasteiger charge is -2.27. The summed E-state index contributed by atoms with van der Waals surface area (Å²) in [4.78, 5) is 16.9. The van der Waals surface area contributed by atoms with Gasteiger partial charge >= 0.3 is 0 Å². The third kappa shape index (κ3) is 3.45. The summed E-state index contributed by atoms with van der Waals surface area (Å²) in [7, 11) is 4.59. The van der Waals surface area contributed by atoms with Crippen molar-refractivity contribution in [2.24, 2.45) is 5.73 Å². The zero-order valence-electron chi connectivity index (χ0n) is 18.0. The van der Waals surface area contributed by atoms with E-state index in [1.54, 1.807) is 48.0 Å². The quantitative estimate of drug-likeness (QED) is 0.535. The zero-order valence-corrected chi connectivity index (χ0v) is 18.0. The van der Waals surface area contributed by atoms with Gasteiger partial charge in [0.05, 0.1) is 26.9 Å². The van der Waals surface area contributed by atoms with Crippen LogP contribution < -0.4 is 25.3 Å². The van der Waals surface area contributed by atoms with E-state index >= 15 is 0 Å². The van der Waals surface area contributed by atoms with Crippen LogP contribution in [0.4, 0.5) is 5.95 Å². The number of primary amides is 1. The lowest BCUT2D eigenvalue weighted by atomic mass is 9.95. The van der Waals surface area contributed by atoms with Gasteiger partial charge in [-0.2, -0.15) is 4.98 Å². The number of phenols is 1. The molecule has 166 valence electrons. The van der Waals surface area contributed by atoms with Crippen molar-refractivity contribution < 1.29 is 24.1 Å². The highest BCUT2D eigenvalue weighted by atomic mass is 16.5. The van der Waals surface area contributed by atoms with Crippen LogP contribution in [0.2, 0.25) is 0 Å². The Hall–Kier alpha value is -4.21. The van der Waals surface area contributed by atoms with Gasteiger partial charge in [-0.1, -0.05) is 12.1 Å². The van der Waals surface area contributed by atoms with Gasteiger partial charge in [0, 0.05) is 11.3 Å². The lowest BCUT2D eigenvalue weighted by Crippen LogP contribution is -2.31. The monoisotopic (exact) mass is 437 g/mol. The van der Waals surface area contributed by atoms with Crippen molar-refractivity contribution in [1.29, 1.82) is 0 Å². The van der Waals surface area contributed by atoms with Gasteiger partial charge in [0.15, 0.2) is 17.3 Å². The Morgan fingerprint density at radius 3 is 2.25 bits per heavy atom. The van der Waals surface area contributed by atoms with Gasteiger partial charge in [-0.25, -0.2) is 4.68 Å². The van der Waals surface area contributed by atoms with Crippen LogP contribution in [0.15, 0.2) is 47.7 Å². The Bertz CT molecular complexity index is 1190. The van der Waals surface area contributed by atoms with Gasteiger partial charge in [-0.3, -0.25) is 4.79 Å². The normalized spacial score (nSPS) is 15.1. The Morgan fingerprint density at radius 2 is 1.72 bits per heavy atom. The molecule has 1 atom stereocenters. The molecule has 0 bridgehead atoms. The van der Waals surface area contributed by atoms with Gasteiger partial charge in [0.2, 0.25) is 17.6 Å². The summed E-state index contributed by atoms with van der Waals surface area (Å²) in [5, 5.41) is 17.5. The number of aromatic nitrogens is 3. The molecule has 2 aromatic carbocycles. The molecule has 0 aliphatic carbocycles. The number of phenolic OH excluding ortho intramolecular Hbond substituents is 1. The molecule has 1 aliphatic rings. The highest BCUT2D eigenvalue weighted by Gasteiger charge is 2.33. The molecular weight excluding hydrogens is 414 g/mol. The number of nitrogens with zero attached hydrogens (tertiary/aromatic N) is 3. The molecule has 1 aliphatic heterocycles. The first-order valence-electron chi connectivity index (χ1n) is 9.71. The largest absolute Gasteiger partial charge is 0.508 e. The summed E-state index contributed by atoms with van der Waals surface area (Å²) < 4.78 is 17.8. The molecule has 10 heteroatoms. The molecule has 0 saturated carbocycles. The summed E-state index contributed by atoms with van der Waals surface area (Å²) >= 11 is 0. The molecule has 1 aromatic heterocycles. The van der Waals surface area contributed by atoms with Crippen molar-refractivity contribution in [3.05, 3.63) is 53.2 Å². The number of allylic oxidation sites excluding steroid dienone is 1. The number of methoxy groups -OCH3 is 3. The third-order valence-corrected chi connectivity index (χ3v) is 5.25. The number of carbonyl (C=O) groups is 1. The Morgan fingerprint density at radius 1 is 1.09 bits per heavy atom. The van der Waals surface area contributed by atoms with Crippen LogP contribution in [-0.2, 0) is 4.79 Å². The zero-order chi connectivity index (χ0) is 23.0. The number of aromatic hydroxyl groups is 1. The van der Waals surface area contributed by atoms with Crippen LogP contribution in [0, 0.1) is 0 Å². The number of anilines is 1. The summed E-state index contributed by atoms with van der Waals surface area (Å²) in [5.74, 6) is 1.74. The molecule has 1 amide bonds. The number of benzene rings is 2. The van der Waals surface area contributed by atoms with Crippen molar-refractivity contribution in [3.63, 3.8) is 0 Å². The molecule has 4 rings (SSSR count). The van der Waals surface area contributed by atoms with Crippen molar-refractivity contribution in [1.82, 2.24) is 14.8 Å². The molecular formula is C22H23N5O5. The number of nitrogens with one attached hydrogen (secondary N) is 1. The lowest BCUT2D eigenvalue weighted by molar-refractivity contribution is -0.115. The van der Waals surface area contributed by atoms with Crippen molar-refractivity contribution in [2.75, 3.05) is 26.6 Å². The van der Waals surface area contributed by atoms with Gasteiger partial charge < -0.3 is 30.4 Å². The second-order valence-corrected chi connectivity index (χ2v) is 7.14. The van der Waals surface area contributed by atoms with E-state index < -0.39 is 11.9 Å². The fourth-order valence-electron chi connectivity index (χ4n) is 3.77. The minimum atomic E-state index is -0.618. The van der Waals surface area contributed by atoms with Crippen LogP contribution in [0.3, 0.4) is 0 Å². The standard InChI is InChI=1S/C22H23N5O5/c1-11-17(20(23)29)18(12-5-7-14(28)8-6-12)27-22(24-11)25-21(26-27)13-9-15(30-2)19(32-4)16(10-13)31-3/h5-10,18,28H,1-4H3,(H2,23,29)(H,24,25,26)/t18-/m0/s1. The maximum Gasteiger partial charge on any atom is 0.248 e. The van der Waals surface area contributed by atoms with Crippen molar-refractivity contribution in [2.45, 2.75) is 13.0 Å². The maximum atomic E-state index is 12.3. The molecule has 0 spiro atoms. The smallest absolute Gasteiger partial charge is 0.248 e. The molecule has 0 radical (unpaired) electrons. The van der Waals surface area contributed by atoms with Gasteiger partial charge in [0.25, 0.3) is 0 Å². The van der Waals surface area contributed by atoms with Crippen LogP contribution >= 0.6 is 0 Å². The number of hydrogen-bond donors (Lipinski definition) is 3. The van der Waals surface area contributed by atoms with E-state index in [0.29, 0.717) is 45.9 Å².